The molecule has 4 N–H and O–H groups in total. The molecule has 2 fully saturated rings. The second-order valence-corrected chi connectivity index (χ2v) is 9.58. The van der Waals surface area contributed by atoms with Crippen LogP contribution in [0.2, 0.25) is 0 Å². The number of rotatable bonds is 5. The summed E-state index contributed by atoms with van der Waals surface area (Å²) in [6.07, 6.45) is 3.92. The van der Waals surface area contributed by atoms with Gasteiger partial charge in [-0.3, -0.25) is 4.98 Å². The molecule has 3 heterocycles. The van der Waals surface area contributed by atoms with Crippen LogP contribution in [-0.2, 0) is 5.41 Å². The number of nitrogen functional groups attached to an aromatic ring is 1. The molecule has 0 unspecified atom stereocenters. The third-order valence-electron chi connectivity index (χ3n) is 6.90. The summed E-state index contributed by atoms with van der Waals surface area (Å²) in [6, 6.07) is 5.13. The summed E-state index contributed by atoms with van der Waals surface area (Å²) in [5.41, 5.74) is 12.3. The van der Waals surface area contributed by atoms with E-state index in [-0.39, 0.29) is 24.2 Å². The Bertz CT molecular complexity index is 1220. The molecule has 0 amide bonds. The fraction of sp³-hybridized carbons (Fsp3) is 0.348. The fourth-order valence-electron chi connectivity index (χ4n) is 5.17. The lowest BCUT2D eigenvalue weighted by Gasteiger charge is -2.27. The van der Waals surface area contributed by atoms with Crippen LogP contribution in [0.15, 0.2) is 46.6 Å². The Morgan fingerprint density at radius 2 is 2.00 bits per heavy atom. The van der Waals surface area contributed by atoms with Crippen molar-refractivity contribution in [3.8, 4) is 0 Å². The molecule has 6 nitrogen and oxygen atoms in total. The van der Waals surface area contributed by atoms with Gasteiger partial charge in [-0.2, -0.15) is 0 Å². The first-order valence-corrected chi connectivity index (χ1v) is 11.5. The van der Waals surface area contributed by atoms with Crippen LogP contribution in [0.25, 0.3) is 0 Å². The molecule has 10 heteroatoms. The van der Waals surface area contributed by atoms with Crippen LogP contribution < -0.4 is 16.4 Å². The van der Waals surface area contributed by atoms with Gasteiger partial charge in [-0.15, -0.1) is 0 Å². The van der Waals surface area contributed by atoms with Crippen LogP contribution in [0.1, 0.15) is 17.7 Å². The highest BCUT2D eigenvalue weighted by Crippen LogP contribution is 2.63. The largest absolute Gasteiger partial charge is 0.381 e. The Kier molecular flexibility index (Phi) is 5.44. The molecule has 0 bridgehead atoms. The average Bonchev–Trinajstić information content (AvgIpc) is 3.47. The number of halogens is 3. The molecule has 1 aliphatic heterocycles. The van der Waals surface area contributed by atoms with Crippen molar-refractivity contribution in [1.82, 2.24) is 15.0 Å². The Morgan fingerprint density at radius 3 is 2.76 bits per heavy atom. The molecule has 3 aromatic rings. The van der Waals surface area contributed by atoms with Crippen molar-refractivity contribution in [2.75, 3.05) is 30.3 Å². The normalized spacial score (nSPS) is 24.0. The Morgan fingerprint density at radius 1 is 1.18 bits per heavy atom. The summed E-state index contributed by atoms with van der Waals surface area (Å²) in [7, 11) is 0. The maximum Gasteiger partial charge on any atom is 0.158 e. The van der Waals surface area contributed by atoms with Gasteiger partial charge in [0.25, 0.3) is 0 Å². The van der Waals surface area contributed by atoms with Crippen LogP contribution in [0, 0.1) is 36.2 Å². The second kappa shape index (κ2) is 8.18. The SMILES string of the molecule is Cc1nccc(Sc2ncc(N3CC[C@@H]4[C@H](C3)[C@@]4(CN)c3cc(F)ccc3F)nc2N)c1F. The summed E-state index contributed by atoms with van der Waals surface area (Å²) < 4.78 is 42.7. The van der Waals surface area contributed by atoms with Crippen LogP contribution in [0.4, 0.5) is 24.8 Å². The Balaban J connectivity index is 1.36. The van der Waals surface area contributed by atoms with E-state index < -0.39 is 22.9 Å². The zero-order valence-corrected chi connectivity index (χ0v) is 18.7. The highest BCUT2D eigenvalue weighted by molar-refractivity contribution is 7.99. The maximum absolute atomic E-state index is 14.6. The van der Waals surface area contributed by atoms with Gasteiger partial charge in [0.2, 0.25) is 0 Å². The second-order valence-electron chi connectivity index (χ2n) is 8.55. The van der Waals surface area contributed by atoms with Crippen LogP contribution in [0.3, 0.4) is 0 Å². The van der Waals surface area contributed by atoms with Crippen molar-refractivity contribution in [2.24, 2.45) is 17.6 Å². The van der Waals surface area contributed by atoms with Crippen molar-refractivity contribution in [3.63, 3.8) is 0 Å². The Labute approximate surface area is 193 Å². The van der Waals surface area contributed by atoms with E-state index in [9.17, 15) is 13.2 Å². The number of hydrogen-bond acceptors (Lipinski definition) is 7. The smallest absolute Gasteiger partial charge is 0.158 e. The number of anilines is 2. The molecule has 2 aromatic heterocycles. The number of pyridine rings is 1. The van der Waals surface area contributed by atoms with Gasteiger partial charge >= 0.3 is 0 Å². The third kappa shape index (κ3) is 3.61. The minimum Gasteiger partial charge on any atom is -0.381 e. The van der Waals surface area contributed by atoms with Crippen molar-refractivity contribution in [1.29, 1.82) is 0 Å². The third-order valence-corrected chi connectivity index (χ3v) is 7.95. The number of aromatic nitrogens is 3. The Hall–Kier alpha value is -2.85. The van der Waals surface area contributed by atoms with Gasteiger partial charge in [0.15, 0.2) is 11.6 Å². The van der Waals surface area contributed by atoms with E-state index in [0.29, 0.717) is 40.1 Å². The molecular formula is C23H23F3N6S. The van der Waals surface area contributed by atoms with E-state index in [2.05, 4.69) is 15.0 Å². The first kappa shape index (κ1) is 22.0. The molecule has 3 atom stereocenters. The molecule has 33 heavy (non-hydrogen) atoms. The highest BCUT2D eigenvalue weighted by Gasteiger charge is 2.66. The summed E-state index contributed by atoms with van der Waals surface area (Å²) in [6.45, 7) is 3.11. The molecule has 0 radical (unpaired) electrons. The zero-order chi connectivity index (χ0) is 23.3. The van der Waals surface area contributed by atoms with Crippen molar-refractivity contribution >= 4 is 23.4 Å². The van der Waals surface area contributed by atoms with Crippen molar-refractivity contribution < 1.29 is 13.2 Å². The number of aryl methyl sites for hydroxylation is 1. The molecule has 0 spiro atoms. The van der Waals surface area contributed by atoms with Crippen LogP contribution >= 0.6 is 11.8 Å². The summed E-state index contributed by atoms with van der Waals surface area (Å²) in [5, 5.41) is 0.405. The van der Waals surface area contributed by atoms with Gasteiger partial charge in [-0.1, -0.05) is 11.8 Å². The van der Waals surface area contributed by atoms with E-state index in [0.717, 1.165) is 24.2 Å². The monoisotopic (exact) mass is 472 g/mol. The molecule has 1 aromatic carbocycles. The average molecular weight is 473 g/mol. The highest BCUT2D eigenvalue weighted by atomic mass is 32.2. The van der Waals surface area contributed by atoms with E-state index >= 15 is 0 Å². The van der Waals surface area contributed by atoms with E-state index in [1.165, 1.54) is 18.3 Å². The topological polar surface area (TPSA) is 94.0 Å². The van der Waals surface area contributed by atoms with Gasteiger partial charge in [0, 0.05) is 31.2 Å². The number of nitrogens with two attached hydrogens (primary N) is 2. The van der Waals surface area contributed by atoms with Crippen molar-refractivity contribution in [3.05, 3.63) is 65.4 Å². The quantitative estimate of drug-likeness (QED) is 0.585. The van der Waals surface area contributed by atoms with Gasteiger partial charge in [-0.25, -0.2) is 23.1 Å². The van der Waals surface area contributed by atoms with Gasteiger partial charge < -0.3 is 16.4 Å². The van der Waals surface area contributed by atoms with E-state index in [1.54, 1.807) is 19.2 Å². The fourth-order valence-corrected chi connectivity index (χ4v) is 6.00. The lowest BCUT2D eigenvalue weighted by atomic mass is 9.90. The maximum atomic E-state index is 14.6. The minimum absolute atomic E-state index is 0.0820. The van der Waals surface area contributed by atoms with Gasteiger partial charge in [-0.05, 0) is 55.0 Å². The first-order valence-electron chi connectivity index (χ1n) is 10.7. The number of benzene rings is 1. The van der Waals surface area contributed by atoms with Crippen LogP contribution in [-0.4, -0.2) is 34.6 Å². The standard InChI is InChI=1S/C23H23F3N6S/c1-12-20(26)18(4-6-29-12)33-22-21(28)31-19(9-30-22)32-7-5-14-16(10-32)23(14,11-27)15-8-13(24)2-3-17(15)25/h2-4,6,8-9,14,16H,5,7,10-11,27H2,1H3,(H2,28,31)/t14-,16+,23-/m1/s1. The van der Waals surface area contributed by atoms with Crippen LogP contribution in [0.5, 0.6) is 0 Å². The van der Waals surface area contributed by atoms with E-state index in [1.807, 2.05) is 4.90 Å². The minimum atomic E-state index is -0.577. The van der Waals surface area contributed by atoms with E-state index in [4.69, 9.17) is 11.5 Å². The molecular weight excluding hydrogens is 449 g/mol. The summed E-state index contributed by atoms with van der Waals surface area (Å²) >= 11 is 1.10. The lowest BCUT2D eigenvalue weighted by molar-refractivity contribution is 0.523. The first-order chi connectivity index (χ1) is 15.8. The number of nitrogens with zero attached hydrogens (tertiary/aromatic N) is 4. The summed E-state index contributed by atoms with van der Waals surface area (Å²) in [4.78, 5) is 15.3. The van der Waals surface area contributed by atoms with Gasteiger partial charge in [0.1, 0.15) is 22.5 Å². The number of fused-ring (bicyclic) bond motifs is 1. The molecule has 1 saturated heterocycles. The molecule has 5 rings (SSSR count). The zero-order valence-electron chi connectivity index (χ0n) is 17.9. The number of hydrogen-bond donors (Lipinski definition) is 2. The predicted molar refractivity (Wildman–Crippen MR) is 120 cm³/mol. The molecule has 172 valence electrons. The van der Waals surface area contributed by atoms with Crippen molar-refractivity contribution in [2.45, 2.75) is 28.7 Å². The lowest BCUT2D eigenvalue weighted by Crippen LogP contribution is -2.33. The molecule has 1 aliphatic carbocycles. The molecule has 1 saturated carbocycles. The summed E-state index contributed by atoms with van der Waals surface area (Å²) in [5.74, 6) is -0.235. The van der Waals surface area contributed by atoms with Gasteiger partial charge in [0.05, 0.1) is 16.8 Å². The molecule has 2 aliphatic rings. The predicted octanol–water partition coefficient (Wildman–Crippen LogP) is 3.68. The number of piperidine rings is 1.